The predicted molar refractivity (Wildman–Crippen MR) is 74.5 cm³/mol. The van der Waals surface area contributed by atoms with Crippen molar-refractivity contribution in [2.24, 2.45) is 5.41 Å². The molecular weight excluding hydrogens is 234 g/mol. The molecule has 1 N–H and O–H groups in total. The van der Waals surface area contributed by atoms with Crippen molar-refractivity contribution in [1.29, 1.82) is 0 Å². The molecule has 0 saturated heterocycles. The second-order valence-electron chi connectivity index (χ2n) is 5.69. The van der Waals surface area contributed by atoms with E-state index in [1.807, 2.05) is 41.5 Å². The first-order valence-corrected chi connectivity index (χ1v) is 7.66. The first-order valence-electron chi connectivity index (χ1n) is 6.34. The van der Waals surface area contributed by atoms with Crippen LogP contribution in [0.5, 0.6) is 0 Å². The van der Waals surface area contributed by atoms with Crippen LogP contribution in [0.1, 0.15) is 54.4 Å². The quantitative estimate of drug-likeness (QED) is 0.798. The van der Waals surface area contributed by atoms with Crippen molar-refractivity contribution >= 4 is 16.7 Å². The Labute approximate surface area is 108 Å². The molecule has 0 aliphatic carbocycles. The average Bonchev–Trinajstić information content (AvgIpc) is 2.26. The minimum absolute atomic E-state index is 0.0772. The van der Waals surface area contributed by atoms with E-state index in [0.717, 1.165) is 12.8 Å². The summed E-state index contributed by atoms with van der Waals surface area (Å²) in [6.45, 7) is 12.4. The summed E-state index contributed by atoms with van der Waals surface area (Å²) in [6, 6.07) is 0. The summed E-state index contributed by atoms with van der Waals surface area (Å²) in [7, 11) is -0.899. The van der Waals surface area contributed by atoms with Crippen molar-refractivity contribution in [3.8, 4) is 0 Å². The Kier molecular flexibility index (Phi) is 6.38. The zero-order valence-electron chi connectivity index (χ0n) is 12.1. The van der Waals surface area contributed by atoms with Crippen molar-refractivity contribution in [3.05, 3.63) is 0 Å². The zero-order chi connectivity index (χ0) is 13.7. The molecular formula is C13H27NO2S. The van der Waals surface area contributed by atoms with Crippen LogP contribution in [0.15, 0.2) is 0 Å². The fourth-order valence-electron chi connectivity index (χ4n) is 1.35. The normalized spacial score (nSPS) is 14.5. The van der Waals surface area contributed by atoms with Crippen molar-refractivity contribution in [2.75, 3.05) is 12.3 Å². The maximum Gasteiger partial charge on any atom is 0.225 e. The van der Waals surface area contributed by atoms with E-state index in [0.29, 0.717) is 12.3 Å². The molecule has 0 aliphatic rings. The number of rotatable bonds is 6. The number of nitrogens with one attached hydrogen (secondary N) is 1. The largest absolute Gasteiger partial charge is 0.355 e. The van der Waals surface area contributed by atoms with Crippen LogP contribution in [0.4, 0.5) is 0 Å². The van der Waals surface area contributed by atoms with Gasteiger partial charge >= 0.3 is 0 Å². The molecule has 0 heterocycles. The fraction of sp³-hybridized carbons (Fsp3) is 0.923. The Morgan fingerprint density at radius 1 is 1.12 bits per heavy atom. The zero-order valence-corrected chi connectivity index (χ0v) is 12.9. The maximum atomic E-state index is 11.9. The third kappa shape index (κ3) is 5.19. The lowest BCUT2D eigenvalue weighted by Crippen LogP contribution is -2.40. The van der Waals surface area contributed by atoms with Crippen molar-refractivity contribution in [1.82, 2.24) is 5.32 Å². The molecule has 0 aromatic heterocycles. The number of carbonyl (C=O) groups excluding carboxylic acids is 1. The Balaban J connectivity index is 4.15. The van der Waals surface area contributed by atoms with Crippen molar-refractivity contribution < 1.29 is 9.00 Å². The number of amides is 1. The van der Waals surface area contributed by atoms with Gasteiger partial charge in [-0.15, -0.1) is 0 Å². The lowest BCUT2D eigenvalue weighted by molar-refractivity contribution is -0.130. The molecule has 3 nitrogen and oxygen atoms in total. The minimum Gasteiger partial charge on any atom is -0.355 e. The van der Waals surface area contributed by atoms with E-state index in [4.69, 9.17) is 0 Å². The molecule has 0 saturated carbocycles. The van der Waals surface area contributed by atoms with Gasteiger partial charge in [0.15, 0.2) is 0 Å². The van der Waals surface area contributed by atoms with Gasteiger partial charge in [-0.1, -0.05) is 20.8 Å². The van der Waals surface area contributed by atoms with Crippen LogP contribution < -0.4 is 5.32 Å². The van der Waals surface area contributed by atoms with Gasteiger partial charge in [0.1, 0.15) is 0 Å². The van der Waals surface area contributed by atoms with Gasteiger partial charge in [-0.25, -0.2) is 0 Å². The molecule has 0 radical (unpaired) electrons. The van der Waals surface area contributed by atoms with Crippen molar-refractivity contribution in [2.45, 2.75) is 59.1 Å². The standard InChI is InChI=1S/C13H27NO2S/c1-7-13(6,8-2)11(15)14-9-10-17(16)12(3,4)5/h7-10H2,1-6H3,(H,14,15)/t17-/m1/s1. The van der Waals surface area contributed by atoms with Crippen LogP contribution in [0, 0.1) is 5.41 Å². The Morgan fingerprint density at radius 2 is 1.59 bits per heavy atom. The molecule has 17 heavy (non-hydrogen) atoms. The van der Waals surface area contributed by atoms with E-state index in [1.165, 1.54) is 0 Å². The molecule has 1 amide bonds. The minimum atomic E-state index is -0.899. The van der Waals surface area contributed by atoms with Crippen molar-refractivity contribution in [3.63, 3.8) is 0 Å². The van der Waals surface area contributed by atoms with Gasteiger partial charge in [0, 0.05) is 33.3 Å². The Bertz CT molecular complexity index is 278. The van der Waals surface area contributed by atoms with E-state index in [1.54, 1.807) is 0 Å². The van der Waals surface area contributed by atoms with Crippen LogP contribution in [-0.2, 0) is 15.6 Å². The first kappa shape index (κ1) is 16.6. The summed E-state index contributed by atoms with van der Waals surface area (Å²) >= 11 is 0. The lowest BCUT2D eigenvalue weighted by Gasteiger charge is -2.25. The second kappa shape index (κ2) is 6.53. The highest BCUT2D eigenvalue weighted by Gasteiger charge is 2.29. The SMILES string of the molecule is CCC(C)(CC)C(=O)NCC[S@@](=O)C(C)(C)C. The first-order chi connectivity index (χ1) is 7.67. The molecule has 1 atom stereocenters. The van der Waals surface area contributed by atoms with E-state index in [2.05, 4.69) is 5.32 Å². The third-order valence-electron chi connectivity index (χ3n) is 3.36. The van der Waals surface area contributed by atoms with Gasteiger partial charge in [-0.2, -0.15) is 0 Å². The molecule has 0 spiro atoms. The lowest BCUT2D eigenvalue weighted by atomic mass is 9.84. The summed E-state index contributed by atoms with van der Waals surface area (Å²) < 4.78 is 11.6. The summed E-state index contributed by atoms with van der Waals surface area (Å²) in [4.78, 5) is 11.9. The molecule has 0 aromatic rings. The Morgan fingerprint density at radius 3 is 1.94 bits per heavy atom. The summed E-state index contributed by atoms with van der Waals surface area (Å²) in [5, 5.41) is 2.90. The van der Waals surface area contributed by atoms with E-state index in [-0.39, 0.29) is 16.1 Å². The van der Waals surface area contributed by atoms with Gasteiger partial charge in [0.05, 0.1) is 0 Å². The molecule has 0 rings (SSSR count). The van der Waals surface area contributed by atoms with E-state index in [9.17, 15) is 9.00 Å². The van der Waals surface area contributed by atoms with Crippen LogP contribution >= 0.6 is 0 Å². The number of hydrogen-bond acceptors (Lipinski definition) is 2. The summed E-state index contributed by atoms with van der Waals surface area (Å²) in [5.41, 5.74) is -0.288. The topological polar surface area (TPSA) is 46.2 Å². The number of hydrogen-bond donors (Lipinski definition) is 1. The van der Waals surface area contributed by atoms with Gasteiger partial charge in [0.25, 0.3) is 0 Å². The maximum absolute atomic E-state index is 11.9. The van der Waals surface area contributed by atoms with E-state index < -0.39 is 10.8 Å². The van der Waals surface area contributed by atoms with Crippen LogP contribution in [0.25, 0.3) is 0 Å². The predicted octanol–water partition coefficient (Wildman–Crippen LogP) is 2.48. The molecule has 102 valence electrons. The van der Waals surface area contributed by atoms with Gasteiger partial charge in [-0.05, 0) is 33.6 Å². The molecule has 0 bridgehead atoms. The molecule has 0 fully saturated rings. The van der Waals surface area contributed by atoms with E-state index >= 15 is 0 Å². The Hall–Kier alpha value is -0.380. The highest BCUT2D eigenvalue weighted by Crippen LogP contribution is 2.25. The monoisotopic (exact) mass is 261 g/mol. The van der Waals surface area contributed by atoms with Crippen LogP contribution in [0.3, 0.4) is 0 Å². The fourth-order valence-corrected chi connectivity index (χ4v) is 2.25. The summed E-state index contributed by atoms with van der Waals surface area (Å²) in [6.07, 6.45) is 1.66. The molecule has 4 heteroatoms. The molecule has 0 unspecified atom stereocenters. The highest BCUT2D eigenvalue weighted by atomic mass is 32.2. The van der Waals surface area contributed by atoms with Gasteiger partial charge in [0.2, 0.25) is 5.91 Å². The van der Waals surface area contributed by atoms with Gasteiger partial charge < -0.3 is 5.32 Å². The second-order valence-corrected chi connectivity index (χ2v) is 8.01. The molecule has 0 aliphatic heterocycles. The number of carbonyl (C=O) groups is 1. The van der Waals surface area contributed by atoms with Gasteiger partial charge in [-0.3, -0.25) is 9.00 Å². The average molecular weight is 261 g/mol. The summed E-state index contributed by atoms with van der Waals surface area (Å²) in [5.74, 6) is 0.604. The highest BCUT2D eigenvalue weighted by molar-refractivity contribution is 7.86. The smallest absolute Gasteiger partial charge is 0.225 e. The third-order valence-corrected chi connectivity index (χ3v) is 5.31. The molecule has 0 aromatic carbocycles. The van der Waals surface area contributed by atoms with Crippen LogP contribution in [-0.4, -0.2) is 27.2 Å². The van der Waals surface area contributed by atoms with Crippen LogP contribution in [0.2, 0.25) is 0 Å².